The van der Waals surface area contributed by atoms with Crippen molar-refractivity contribution in [3.05, 3.63) is 0 Å². The van der Waals surface area contributed by atoms with Crippen LogP contribution < -0.4 is 5.32 Å². The molecule has 0 spiro atoms. The minimum atomic E-state index is -0.671. The van der Waals surface area contributed by atoms with Gasteiger partial charge in [0.1, 0.15) is 0 Å². The number of rotatable bonds is 5. The van der Waals surface area contributed by atoms with Crippen molar-refractivity contribution in [2.75, 3.05) is 13.7 Å². The van der Waals surface area contributed by atoms with E-state index in [4.69, 9.17) is 4.74 Å². The number of likely N-dealkylation sites (N-methyl/N-ethyl adjacent to an activating group) is 1. The summed E-state index contributed by atoms with van der Waals surface area (Å²) in [5.41, 5.74) is -0.671. The van der Waals surface area contributed by atoms with Gasteiger partial charge in [0, 0.05) is 6.04 Å². The van der Waals surface area contributed by atoms with E-state index in [1.807, 2.05) is 20.9 Å². The van der Waals surface area contributed by atoms with E-state index in [1.165, 1.54) is 19.3 Å². The Morgan fingerprint density at radius 1 is 1.40 bits per heavy atom. The molecule has 1 aliphatic rings. The largest absolute Gasteiger partial charge is 0.388 e. The SMILES string of the molecule is CCC(C)(O)COC1CCCCC1NC. The van der Waals surface area contributed by atoms with Crippen molar-refractivity contribution < 1.29 is 9.84 Å². The van der Waals surface area contributed by atoms with E-state index in [2.05, 4.69) is 5.32 Å². The van der Waals surface area contributed by atoms with Gasteiger partial charge in [0.25, 0.3) is 0 Å². The second kappa shape index (κ2) is 5.83. The highest BCUT2D eigenvalue weighted by Gasteiger charge is 2.27. The summed E-state index contributed by atoms with van der Waals surface area (Å²) in [7, 11) is 1.99. The van der Waals surface area contributed by atoms with E-state index in [0.29, 0.717) is 12.6 Å². The first-order valence-electron chi connectivity index (χ1n) is 6.10. The molecule has 0 heterocycles. The second-order valence-corrected chi connectivity index (χ2v) is 4.88. The summed E-state index contributed by atoms with van der Waals surface area (Å²) in [6.45, 7) is 4.27. The van der Waals surface area contributed by atoms with Crippen LogP contribution in [0.4, 0.5) is 0 Å². The monoisotopic (exact) mass is 215 g/mol. The molecular formula is C12H25NO2. The maximum absolute atomic E-state index is 9.87. The van der Waals surface area contributed by atoms with E-state index < -0.39 is 5.60 Å². The standard InChI is InChI=1S/C12H25NO2/c1-4-12(2,14)9-15-11-8-6-5-7-10(11)13-3/h10-11,13-14H,4-9H2,1-3H3. The minimum absolute atomic E-state index is 0.279. The molecule has 1 aliphatic carbocycles. The van der Waals surface area contributed by atoms with Gasteiger partial charge in [-0.2, -0.15) is 0 Å². The summed E-state index contributed by atoms with van der Waals surface area (Å²) in [5, 5.41) is 13.2. The smallest absolute Gasteiger partial charge is 0.0849 e. The lowest BCUT2D eigenvalue weighted by Crippen LogP contribution is -2.44. The van der Waals surface area contributed by atoms with Gasteiger partial charge in [-0.25, -0.2) is 0 Å². The van der Waals surface area contributed by atoms with Gasteiger partial charge >= 0.3 is 0 Å². The van der Waals surface area contributed by atoms with Crippen molar-refractivity contribution in [1.29, 1.82) is 0 Å². The molecular weight excluding hydrogens is 190 g/mol. The van der Waals surface area contributed by atoms with Crippen molar-refractivity contribution in [1.82, 2.24) is 5.32 Å². The average molecular weight is 215 g/mol. The van der Waals surface area contributed by atoms with E-state index in [-0.39, 0.29) is 6.10 Å². The molecule has 1 fully saturated rings. The molecule has 2 N–H and O–H groups in total. The quantitative estimate of drug-likeness (QED) is 0.733. The number of nitrogens with one attached hydrogen (secondary N) is 1. The molecule has 90 valence electrons. The lowest BCUT2D eigenvalue weighted by Gasteiger charge is -2.33. The summed E-state index contributed by atoms with van der Waals surface area (Å²) in [6, 6.07) is 0.464. The first-order valence-corrected chi connectivity index (χ1v) is 6.10. The fraction of sp³-hybridized carbons (Fsp3) is 1.00. The molecule has 0 radical (unpaired) electrons. The fourth-order valence-electron chi connectivity index (χ4n) is 2.02. The van der Waals surface area contributed by atoms with E-state index in [9.17, 15) is 5.11 Å². The summed E-state index contributed by atoms with van der Waals surface area (Å²) < 4.78 is 5.83. The van der Waals surface area contributed by atoms with Crippen LogP contribution in [0.25, 0.3) is 0 Å². The molecule has 0 aliphatic heterocycles. The highest BCUT2D eigenvalue weighted by molar-refractivity contribution is 4.82. The molecule has 0 bridgehead atoms. The van der Waals surface area contributed by atoms with Crippen LogP contribution in [-0.2, 0) is 4.74 Å². The van der Waals surface area contributed by atoms with Gasteiger partial charge in [0.2, 0.25) is 0 Å². The number of hydrogen-bond donors (Lipinski definition) is 2. The van der Waals surface area contributed by atoms with Gasteiger partial charge in [-0.3, -0.25) is 0 Å². The lowest BCUT2D eigenvalue weighted by atomic mass is 9.92. The average Bonchev–Trinajstić information content (AvgIpc) is 2.27. The van der Waals surface area contributed by atoms with Gasteiger partial charge in [0.15, 0.2) is 0 Å². The summed E-state index contributed by atoms with van der Waals surface area (Å²) in [4.78, 5) is 0. The zero-order chi connectivity index (χ0) is 11.3. The van der Waals surface area contributed by atoms with Crippen LogP contribution in [0.15, 0.2) is 0 Å². The zero-order valence-corrected chi connectivity index (χ0v) is 10.3. The Balaban J connectivity index is 2.35. The Labute approximate surface area is 93.2 Å². The van der Waals surface area contributed by atoms with Crippen molar-refractivity contribution >= 4 is 0 Å². The molecule has 3 atom stereocenters. The van der Waals surface area contributed by atoms with Crippen molar-refractivity contribution in [2.24, 2.45) is 0 Å². The Morgan fingerprint density at radius 2 is 2.07 bits per heavy atom. The predicted molar refractivity (Wildman–Crippen MR) is 62.0 cm³/mol. The topological polar surface area (TPSA) is 41.5 Å². The highest BCUT2D eigenvalue weighted by Crippen LogP contribution is 2.22. The number of hydrogen-bond acceptors (Lipinski definition) is 3. The summed E-state index contributed by atoms with van der Waals surface area (Å²) in [5.74, 6) is 0. The lowest BCUT2D eigenvalue weighted by molar-refractivity contribution is -0.0812. The molecule has 3 unspecified atom stereocenters. The Bertz CT molecular complexity index is 182. The van der Waals surface area contributed by atoms with Crippen LogP contribution in [0, 0.1) is 0 Å². The van der Waals surface area contributed by atoms with Gasteiger partial charge in [-0.15, -0.1) is 0 Å². The van der Waals surface area contributed by atoms with Crippen molar-refractivity contribution in [3.63, 3.8) is 0 Å². The third kappa shape index (κ3) is 4.09. The Morgan fingerprint density at radius 3 is 2.67 bits per heavy atom. The predicted octanol–water partition coefficient (Wildman–Crippen LogP) is 1.69. The van der Waals surface area contributed by atoms with Gasteiger partial charge < -0.3 is 15.2 Å². The molecule has 3 nitrogen and oxygen atoms in total. The maximum atomic E-state index is 9.87. The van der Waals surface area contributed by atoms with Crippen LogP contribution in [0.5, 0.6) is 0 Å². The number of aliphatic hydroxyl groups is 1. The van der Waals surface area contributed by atoms with E-state index in [1.54, 1.807) is 0 Å². The molecule has 0 saturated heterocycles. The Kier molecular flexibility index (Phi) is 5.03. The van der Waals surface area contributed by atoms with E-state index >= 15 is 0 Å². The van der Waals surface area contributed by atoms with Crippen molar-refractivity contribution in [2.45, 2.75) is 63.7 Å². The second-order valence-electron chi connectivity index (χ2n) is 4.88. The van der Waals surface area contributed by atoms with Crippen LogP contribution in [-0.4, -0.2) is 36.5 Å². The normalized spacial score (nSPS) is 31.2. The zero-order valence-electron chi connectivity index (χ0n) is 10.3. The van der Waals surface area contributed by atoms with Gasteiger partial charge in [-0.1, -0.05) is 19.8 Å². The molecule has 1 saturated carbocycles. The van der Waals surface area contributed by atoms with Gasteiger partial charge in [-0.05, 0) is 33.2 Å². The molecule has 0 aromatic carbocycles. The first-order chi connectivity index (χ1) is 7.09. The molecule has 0 amide bonds. The summed E-state index contributed by atoms with van der Waals surface area (Å²) in [6.07, 6.45) is 5.86. The van der Waals surface area contributed by atoms with Gasteiger partial charge in [0.05, 0.1) is 18.3 Å². The molecule has 3 heteroatoms. The van der Waals surface area contributed by atoms with E-state index in [0.717, 1.165) is 12.8 Å². The van der Waals surface area contributed by atoms with Crippen LogP contribution in [0.3, 0.4) is 0 Å². The third-order valence-corrected chi connectivity index (χ3v) is 3.44. The maximum Gasteiger partial charge on any atom is 0.0849 e. The van der Waals surface area contributed by atoms with Crippen LogP contribution in [0.1, 0.15) is 46.0 Å². The fourth-order valence-corrected chi connectivity index (χ4v) is 2.02. The molecule has 0 aromatic heterocycles. The third-order valence-electron chi connectivity index (χ3n) is 3.44. The highest BCUT2D eigenvalue weighted by atomic mass is 16.5. The van der Waals surface area contributed by atoms with Crippen molar-refractivity contribution in [3.8, 4) is 0 Å². The van der Waals surface area contributed by atoms with Crippen LogP contribution in [0.2, 0.25) is 0 Å². The van der Waals surface area contributed by atoms with Crippen LogP contribution >= 0.6 is 0 Å². The first kappa shape index (κ1) is 12.9. The molecule has 1 rings (SSSR count). The molecule has 15 heavy (non-hydrogen) atoms. The minimum Gasteiger partial charge on any atom is -0.388 e. The molecule has 0 aromatic rings. The number of ether oxygens (including phenoxy) is 1. The Hall–Kier alpha value is -0.120. The summed E-state index contributed by atoms with van der Waals surface area (Å²) >= 11 is 0.